The van der Waals surface area contributed by atoms with Crippen LogP contribution in [0.2, 0.25) is 18.1 Å². The van der Waals surface area contributed by atoms with E-state index in [1.54, 1.807) is 0 Å². The molecule has 1 aliphatic heterocycles. The third kappa shape index (κ3) is 4.61. The highest BCUT2D eigenvalue weighted by molar-refractivity contribution is 7.81. The minimum absolute atomic E-state index is 0.0777. The van der Waals surface area contributed by atoms with E-state index in [0.29, 0.717) is 0 Å². The molecule has 1 fully saturated rings. The molecular weight excluding hydrogens is 330 g/mol. The van der Waals surface area contributed by atoms with Crippen molar-refractivity contribution in [2.24, 2.45) is 5.92 Å². The molecule has 0 aromatic rings. The number of β-lactam (4-membered cyclic amide) rings is 1. The lowest BCUT2D eigenvalue weighted by molar-refractivity contribution is -0.163. The first-order valence-corrected chi connectivity index (χ1v) is 11.3. The minimum Gasteiger partial charge on any atom is -0.460 e. The summed E-state index contributed by atoms with van der Waals surface area (Å²) in [7, 11) is -1.95. The smallest absolute Gasteiger partial charge is 0.325 e. The van der Waals surface area contributed by atoms with E-state index in [1.165, 1.54) is 11.0 Å². The second kappa shape index (κ2) is 7.40. The maximum atomic E-state index is 12.3. The second-order valence-corrected chi connectivity index (χ2v) is 12.7. The zero-order chi connectivity index (χ0) is 18.0. The first-order valence-electron chi connectivity index (χ1n) is 7.85. The SMILES string of the molecule is C=CCOC(=O)CN1C(=O)[C@H](C(C)O[Si](C)(C)C(C)(C)C)[C@H]1S. The van der Waals surface area contributed by atoms with Crippen LogP contribution in [-0.2, 0) is 18.8 Å². The van der Waals surface area contributed by atoms with Gasteiger partial charge in [0.1, 0.15) is 13.2 Å². The molecule has 5 nitrogen and oxygen atoms in total. The molecule has 0 bridgehead atoms. The van der Waals surface area contributed by atoms with Crippen LogP contribution < -0.4 is 0 Å². The van der Waals surface area contributed by atoms with Crippen LogP contribution in [-0.4, -0.2) is 49.7 Å². The summed E-state index contributed by atoms with van der Waals surface area (Å²) in [4.78, 5) is 25.4. The van der Waals surface area contributed by atoms with E-state index in [1.807, 2.05) is 6.92 Å². The Hall–Kier alpha value is -0.793. The van der Waals surface area contributed by atoms with Crippen molar-refractivity contribution in [2.75, 3.05) is 13.2 Å². The fourth-order valence-electron chi connectivity index (χ4n) is 2.23. The third-order valence-corrected chi connectivity index (χ3v) is 9.84. The Kier molecular flexibility index (Phi) is 6.52. The molecule has 0 radical (unpaired) electrons. The van der Waals surface area contributed by atoms with Gasteiger partial charge in [-0.3, -0.25) is 9.59 Å². The number of amides is 1. The van der Waals surface area contributed by atoms with E-state index >= 15 is 0 Å². The quantitative estimate of drug-likeness (QED) is 0.250. The summed E-state index contributed by atoms with van der Waals surface area (Å²) in [6.07, 6.45) is 1.28. The Bertz CT molecular complexity index is 475. The van der Waals surface area contributed by atoms with Gasteiger partial charge in [-0.25, -0.2) is 0 Å². The third-order valence-electron chi connectivity index (χ3n) is 4.66. The summed E-state index contributed by atoms with van der Waals surface area (Å²) >= 11 is 4.47. The van der Waals surface area contributed by atoms with Crippen molar-refractivity contribution >= 4 is 32.8 Å². The molecule has 7 heteroatoms. The molecule has 3 atom stereocenters. The van der Waals surface area contributed by atoms with Crippen molar-refractivity contribution in [3.63, 3.8) is 0 Å². The summed E-state index contributed by atoms with van der Waals surface area (Å²) in [6.45, 7) is 16.3. The van der Waals surface area contributed by atoms with Crippen LogP contribution in [0.25, 0.3) is 0 Å². The number of carbonyl (C=O) groups is 2. The fourth-order valence-corrected chi connectivity index (χ4v) is 4.22. The molecule has 23 heavy (non-hydrogen) atoms. The van der Waals surface area contributed by atoms with E-state index in [2.05, 4.69) is 53.1 Å². The van der Waals surface area contributed by atoms with Gasteiger partial charge in [-0.15, -0.1) is 0 Å². The standard InChI is InChI=1S/C16H29NO4SSi/c1-8-9-20-12(18)10-17-14(19)13(15(17)22)11(2)21-23(6,7)16(3,4)5/h8,11,13,15,22H,1,9-10H2,2-7H3/t11?,13-,15+/m0/s1. The molecule has 0 aliphatic carbocycles. The molecule has 0 aromatic carbocycles. The molecule has 1 rings (SSSR count). The largest absolute Gasteiger partial charge is 0.460 e. The zero-order valence-electron chi connectivity index (χ0n) is 15.0. The van der Waals surface area contributed by atoms with E-state index in [-0.39, 0.29) is 41.5 Å². The highest BCUT2D eigenvalue weighted by Gasteiger charge is 2.51. The van der Waals surface area contributed by atoms with Crippen LogP contribution in [0, 0.1) is 5.92 Å². The summed E-state index contributed by atoms with van der Waals surface area (Å²) in [5.74, 6) is -0.875. The van der Waals surface area contributed by atoms with E-state index in [9.17, 15) is 9.59 Å². The molecule has 132 valence electrons. The van der Waals surface area contributed by atoms with Crippen molar-refractivity contribution in [3.8, 4) is 0 Å². The van der Waals surface area contributed by atoms with Gasteiger partial charge in [-0.2, -0.15) is 12.6 Å². The van der Waals surface area contributed by atoms with Crippen molar-refractivity contribution in [3.05, 3.63) is 12.7 Å². The van der Waals surface area contributed by atoms with Crippen molar-refractivity contribution in [1.29, 1.82) is 0 Å². The number of nitrogens with zero attached hydrogens (tertiary/aromatic N) is 1. The Morgan fingerprint density at radius 2 is 2.04 bits per heavy atom. The van der Waals surface area contributed by atoms with Crippen LogP contribution >= 0.6 is 12.6 Å². The number of hydrogen-bond acceptors (Lipinski definition) is 5. The summed E-state index contributed by atoms with van der Waals surface area (Å²) in [5, 5.41) is -0.243. The van der Waals surface area contributed by atoms with E-state index in [0.717, 1.165) is 0 Å². The Morgan fingerprint density at radius 1 is 1.48 bits per heavy atom. The molecule has 1 saturated heterocycles. The van der Waals surface area contributed by atoms with Crippen molar-refractivity contribution in [2.45, 2.75) is 57.3 Å². The van der Waals surface area contributed by atoms with Gasteiger partial charge in [0.05, 0.1) is 17.4 Å². The van der Waals surface area contributed by atoms with Crippen LogP contribution in [0.4, 0.5) is 0 Å². The fraction of sp³-hybridized carbons (Fsp3) is 0.750. The first-order chi connectivity index (χ1) is 10.4. The molecule has 0 saturated carbocycles. The molecule has 1 unspecified atom stereocenters. The topological polar surface area (TPSA) is 55.8 Å². The van der Waals surface area contributed by atoms with Gasteiger partial charge in [0.25, 0.3) is 0 Å². The number of hydrogen-bond donors (Lipinski definition) is 1. The Balaban J connectivity index is 2.62. The number of esters is 1. The molecule has 1 amide bonds. The monoisotopic (exact) mass is 359 g/mol. The number of carbonyl (C=O) groups excluding carboxylic acids is 2. The maximum Gasteiger partial charge on any atom is 0.325 e. The molecule has 0 N–H and O–H groups in total. The van der Waals surface area contributed by atoms with Gasteiger partial charge in [0.15, 0.2) is 8.32 Å². The van der Waals surface area contributed by atoms with Crippen LogP contribution in [0.3, 0.4) is 0 Å². The van der Waals surface area contributed by atoms with Gasteiger partial charge < -0.3 is 14.1 Å². The van der Waals surface area contributed by atoms with Crippen molar-refractivity contribution in [1.82, 2.24) is 4.90 Å². The highest BCUT2D eigenvalue weighted by Crippen LogP contribution is 2.40. The molecule has 0 spiro atoms. The van der Waals surface area contributed by atoms with Gasteiger partial charge in [-0.1, -0.05) is 33.4 Å². The second-order valence-electron chi connectivity index (χ2n) is 7.46. The first kappa shape index (κ1) is 20.3. The minimum atomic E-state index is -1.95. The lowest BCUT2D eigenvalue weighted by atomic mass is 9.93. The van der Waals surface area contributed by atoms with Gasteiger partial charge in [0, 0.05) is 0 Å². The van der Waals surface area contributed by atoms with Crippen LogP contribution in [0.5, 0.6) is 0 Å². The summed E-state index contributed by atoms with van der Waals surface area (Å²) in [6, 6.07) is 0. The normalized spacial score (nSPS) is 23.3. The van der Waals surface area contributed by atoms with Gasteiger partial charge in [0.2, 0.25) is 5.91 Å². The molecule has 1 heterocycles. The predicted octanol–water partition coefficient (Wildman–Crippen LogP) is 2.84. The molecule has 1 aliphatic rings. The predicted molar refractivity (Wildman–Crippen MR) is 96.9 cm³/mol. The van der Waals surface area contributed by atoms with Crippen LogP contribution in [0.15, 0.2) is 12.7 Å². The number of likely N-dealkylation sites (tertiary alicyclic amines) is 1. The van der Waals surface area contributed by atoms with Gasteiger partial charge in [-0.05, 0) is 25.1 Å². The summed E-state index contributed by atoms with van der Waals surface area (Å²) in [5.41, 5.74) is 0. The number of rotatable bonds is 7. The summed E-state index contributed by atoms with van der Waals surface area (Å²) < 4.78 is 11.2. The lowest BCUT2D eigenvalue weighted by Gasteiger charge is -2.49. The average molecular weight is 360 g/mol. The van der Waals surface area contributed by atoms with Crippen molar-refractivity contribution < 1.29 is 18.8 Å². The highest BCUT2D eigenvalue weighted by atomic mass is 32.1. The zero-order valence-corrected chi connectivity index (χ0v) is 16.9. The number of ether oxygens (including phenoxy) is 1. The lowest BCUT2D eigenvalue weighted by Crippen LogP contribution is -2.64. The maximum absolute atomic E-state index is 12.3. The van der Waals surface area contributed by atoms with E-state index < -0.39 is 14.3 Å². The Morgan fingerprint density at radius 3 is 2.48 bits per heavy atom. The molecular formula is C16H29NO4SSi. The van der Waals surface area contributed by atoms with Gasteiger partial charge >= 0.3 is 5.97 Å². The van der Waals surface area contributed by atoms with E-state index in [4.69, 9.17) is 9.16 Å². The Labute approximate surface area is 145 Å². The van der Waals surface area contributed by atoms with Crippen LogP contribution in [0.1, 0.15) is 27.7 Å². The number of thiol groups is 1. The average Bonchev–Trinajstić information content (AvgIpc) is 2.40. The molecule has 0 aromatic heterocycles.